The molecule has 3 amide bonds. The monoisotopic (exact) mass is 288 g/mol. The Labute approximate surface area is 123 Å². The van der Waals surface area contributed by atoms with Gasteiger partial charge in [0.1, 0.15) is 0 Å². The topological polar surface area (TPSA) is 79.5 Å². The molecule has 0 saturated carbocycles. The van der Waals surface area contributed by atoms with Crippen LogP contribution in [0.3, 0.4) is 0 Å². The van der Waals surface area contributed by atoms with Gasteiger partial charge >= 0.3 is 6.03 Å². The second kappa shape index (κ2) is 5.71. The standard InChI is InChI=1S/C15H20N4O2/c16-15(21)18-6-2-4-12(8-18)14(20)19-9-13(10-19)11-3-1-5-17-7-11/h1,3,5,7,12-13H,2,4,6,8-10H2,(H2,16,21)/t12-/m1/s1. The second-order valence-electron chi connectivity index (χ2n) is 5.85. The highest BCUT2D eigenvalue weighted by Gasteiger charge is 2.37. The van der Waals surface area contributed by atoms with Crippen molar-refractivity contribution in [2.75, 3.05) is 26.2 Å². The molecule has 1 aromatic heterocycles. The molecule has 0 radical (unpaired) electrons. The quantitative estimate of drug-likeness (QED) is 0.874. The Morgan fingerprint density at radius 3 is 2.71 bits per heavy atom. The van der Waals surface area contributed by atoms with Gasteiger partial charge in [-0.05, 0) is 24.5 Å². The summed E-state index contributed by atoms with van der Waals surface area (Å²) in [6.45, 7) is 2.62. The van der Waals surface area contributed by atoms with Gasteiger partial charge < -0.3 is 15.5 Å². The molecule has 2 fully saturated rings. The molecule has 0 aromatic carbocycles. The lowest BCUT2D eigenvalue weighted by Crippen LogP contribution is -2.54. The normalized spacial score (nSPS) is 22.8. The summed E-state index contributed by atoms with van der Waals surface area (Å²) >= 11 is 0. The highest BCUT2D eigenvalue weighted by Crippen LogP contribution is 2.29. The number of hydrogen-bond acceptors (Lipinski definition) is 3. The Morgan fingerprint density at radius 2 is 2.05 bits per heavy atom. The predicted molar refractivity (Wildman–Crippen MR) is 77.4 cm³/mol. The maximum absolute atomic E-state index is 12.5. The molecule has 0 aliphatic carbocycles. The number of pyridine rings is 1. The van der Waals surface area contributed by atoms with Gasteiger partial charge in [0.05, 0.1) is 5.92 Å². The molecule has 1 aromatic rings. The Morgan fingerprint density at radius 1 is 1.24 bits per heavy atom. The minimum atomic E-state index is -0.427. The van der Waals surface area contributed by atoms with Crippen LogP contribution in [0.1, 0.15) is 24.3 Å². The molecule has 0 spiro atoms. The molecular formula is C15H20N4O2. The van der Waals surface area contributed by atoms with E-state index in [9.17, 15) is 9.59 Å². The third kappa shape index (κ3) is 2.84. The summed E-state index contributed by atoms with van der Waals surface area (Å²) in [5.41, 5.74) is 6.49. The first-order valence-corrected chi connectivity index (χ1v) is 7.38. The van der Waals surface area contributed by atoms with Crippen molar-refractivity contribution in [3.8, 4) is 0 Å². The second-order valence-corrected chi connectivity index (χ2v) is 5.85. The molecule has 3 heterocycles. The molecule has 3 rings (SSSR count). The largest absolute Gasteiger partial charge is 0.351 e. The Hall–Kier alpha value is -2.11. The van der Waals surface area contributed by atoms with Crippen LogP contribution in [0.2, 0.25) is 0 Å². The first-order valence-electron chi connectivity index (χ1n) is 7.38. The number of piperidine rings is 1. The minimum Gasteiger partial charge on any atom is -0.351 e. The SMILES string of the molecule is NC(=O)N1CCC[C@@H](C(=O)N2CC(c3cccnc3)C2)C1. The lowest BCUT2D eigenvalue weighted by molar-refractivity contribution is -0.141. The lowest BCUT2D eigenvalue weighted by Gasteiger charge is -2.42. The van der Waals surface area contributed by atoms with Crippen molar-refractivity contribution in [1.29, 1.82) is 0 Å². The number of rotatable bonds is 2. The molecule has 21 heavy (non-hydrogen) atoms. The van der Waals surface area contributed by atoms with Gasteiger partial charge in [-0.15, -0.1) is 0 Å². The number of amides is 3. The van der Waals surface area contributed by atoms with E-state index >= 15 is 0 Å². The smallest absolute Gasteiger partial charge is 0.314 e. The van der Waals surface area contributed by atoms with Crippen LogP contribution < -0.4 is 5.73 Å². The van der Waals surface area contributed by atoms with Crippen LogP contribution in [0.5, 0.6) is 0 Å². The van der Waals surface area contributed by atoms with Gasteiger partial charge in [-0.3, -0.25) is 9.78 Å². The van der Waals surface area contributed by atoms with Gasteiger partial charge in [-0.1, -0.05) is 6.07 Å². The van der Waals surface area contributed by atoms with Crippen LogP contribution in [0, 0.1) is 5.92 Å². The molecule has 2 saturated heterocycles. The molecule has 6 nitrogen and oxygen atoms in total. The number of carbonyl (C=O) groups is 2. The summed E-state index contributed by atoms with van der Waals surface area (Å²) in [5.74, 6) is 0.445. The van der Waals surface area contributed by atoms with E-state index in [1.165, 1.54) is 5.56 Å². The molecule has 0 bridgehead atoms. The number of hydrogen-bond donors (Lipinski definition) is 1. The fourth-order valence-electron chi connectivity index (χ4n) is 3.12. The van der Waals surface area contributed by atoms with Crippen LogP contribution in [-0.4, -0.2) is 52.9 Å². The average molecular weight is 288 g/mol. The fraction of sp³-hybridized carbons (Fsp3) is 0.533. The summed E-state index contributed by atoms with van der Waals surface area (Å²) in [5, 5.41) is 0. The Balaban J connectivity index is 1.54. The van der Waals surface area contributed by atoms with Gasteiger partial charge in [0, 0.05) is 44.5 Å². The maximum Gasteiger partial charge on any atom is 0.314 e. The number of nitrogens with zero attached hydrogens (tertiary/aromatic N) is 3. The predicted octanol–water partition coefficient (Wildman–Crippen LogP) is 0.798. The van der Waals surface area contributed by atoms with Crippen LogP contribution in [0.15, 0.2) is 24.5 Å². The average Bonchev–Trinajstić information content (AvgIpc) is 2.47. The highest BCUT2D eigenvalue weighted by molar-refractivity contribution is 5.81. The minimum absolute atomic E-state index is 0.0962. The highest BCUT2D eigenvalue weighted by atomic mass is 16.2. The van der Waals surface area contributed by atoms with Crippen molar-refractivity contribution in [3.63, 3.8) is 0 Å². The number of aromatic nitrogens is 1. The van der Waals surface area contributed by atoms with Gasteiger partial charge in [-0.25, -0.2) is 4.79 Å². The van der Waals surface area contributed by atoms with Crippen molar-refractivity contribution in [1.82, 2.24) is 14.8 Å². The van der Waals surface area contributed by atoms with E-state index in [1.54, 1.807) is 11.1 Å². The summed E-state index contributed by atoms with van der Waals surface area (Å²) in [6.07, 6.45) is 5.31. The van der Waals surface area contributed by atoms with Crippen LogP contribution in [0.4, 0.5) is 4.79 Å². The van der Waals surface area contributed by atoms with E-state index in [0.29, 0.717) is 19.0 Å². The summed E-state index contributed by atoms with van der Waals surface area (Å²) < 4.78 is 0. The lowest BCUT2D eigenvalue weighted by atomic mass is 9.89. The van der Waals surface area contributed by atoms with Gasteiger partial charge in [0.25, 0.3) is 0 Å². The van der Waals surface area contributed by atoms with Crippen LogP contribution in [0.25, 0.3) is 0 Å². The molecule has 2 aliphatic heterocycles. The maximum atomic E-state index is 12.5. The molecule has 0 unspecified atom stereocenters. The molecule has 1 atom stereocenters. The number of nitrogens with two attached hydrogens (primary N) is 1. The number of carbonyl (C=O) groups excluding carboxylic acids is 2. The molecular weight excluding hydrogens is 268 g/mol. The number of primary amides is 1. The Kier molecular flexibility index (Phi) is 3.77. The molecule has 112 valence electrons. The zero-order chi connectivity index (χ0) is 14.8. The van der Waals surface area contributed by atoms with Gasteiger partial charge in [-0.2, -0.15) is 0 Å². The van der Waals surface area contributed by atoms with Crippen molar-refractivity contribution in [2.24, 2.45) is 11.7 Å². The Bertz CT molecular complexity index is 528. The van der Waals surface area contributed by atoms with E-state index in [-0.39, 0.29) is 11.8 Å². The van der Waals surface area contributed by atoms with E-state index in [1.807, 2.05) is 17.2 Å². The van der Waals surface area contributed by atoms with E-state index in [0.717, 1.165) is 25.9 Å². The fourth-order valence-corrected chi connectivity index (χ4v) is 3.12. The zero-order valence-corrected chi connectivity index (χ0v) is 11.9. The number of likely N-dealkylation sites (tertiary alicyclic amines) is 2. The van der Waals surface area contributed by atoms with Crippen molar-refractivity contribution >= 4 is 11.9 Å². The summed E-state index contributed by atoms with van der Waals surface area (Å²) in [6, 6.07) is 3.55. The summed E-state index contributed by atoms with van der Waals surface area (Å²) in [7, 11) is 0. The van der Waals surface area contributed by atoms with Crippen molar-refractivity contribution < 1.29 is 9.59 Å². The molecule has 6 heteroatoms. The van der Waals surface area contributed by atoms with E-state index in [4.69, 9.17) is 5.73 Å². The van der Waals surface area contributed by atoms with E-state index in [2.05, 4.69) is 11.1 Å². The van der Waals surface area contributed by atoms with Gasteiger partial charge in [0.2, 0.25) is 5.91 Å². The van der Waals surface area contributed by atoms with E-state index < -0.39 is 6.03 Å². The first kappa shape index (κ1) is 13.9. The molecule has 2 aliphatic rings. The van der Waals surface area contributed by atoms with Gasteiger partial charge in [0.15, 0.2) is 0 Å². The first-order chi connectivity index (χ1) is 10.1. The van der Waals surface area contributed by atoms with Crippen LogP contribution in [-0.2, 0) is 4.79 Å². The zero-order valence-electron chi connectivity index (χ0n) is 11.9. The van der Waals surface area contributed by atoms with Crippen molar-refractivity contribution in [3.05, 3.63) is 30.1 Å². The van der Waals surface area contributed by atoms with Crippen molar-refractivity contribution in [2.45, 2.75) is 18.8 Å². The third-order valence-electron chi connectivity index (χ3n) is 4.43. The third-order valence-corrected chi connectivity index (χ3v) is 4.43. The van der Waals surface area contributed by atoms with Crippen LogP contribution >= 0.6 is 0 Å². The summed E-state index contributed by atoms with van der Waals surface area (Å²) in [4.78, 5) is 31.3. The molecule has 2 N–H and O–H groups in total. The number of urea groups is 1.